The molecule has 16 heteroatoms. The molecule has 0 radical (unpaired) electrons. The molecule has 11 atom stereocenters. The Bertz CT molecular complexity index is 2250. The van der Waals surface area contributed by atoms with Gasteiger partial charge in [0.25, 0.3) is 0 Å². The van der Waals surface area contributed by atoms with Gasteiger partial charge in [-0.3, -0.25) is 4.79 Å². The number of benzene rings is 2. The van der Waals surface area contributed by atoms with Crippen LogP contribution in [-0.4, -0.2) is 109 Å². The van der Waals surface area contributed by atoms with Crippen LogP contribution in [0.4, 0.5) is 9.59 Å². The summed E-state index contributed by atoms with van der Waals surface area (Å²) in [5.41, 5.74) is 2.28. The summed E-state index contributed by atoms with van der Waals surface area (Å²) in [4.78, 5) is 49.3. The lowest BCUT2D eigenvalue weighted by atomic mass is 9.43. The first-order chi connectivity index (χ1) is 34.8. The van der Waals surface area contributed by atoms with Crippen molar-refractivity contribution in [3.63, 3.8) is 0 Å². The Labute approximate surface area is 435 Å². The molecule has 0 spiro atoms. The first-order valence-electron chi connectivity index (χ1n) is 27.5. The van der Waals surface area contributed by atoms with Crippen LogP contribution < -0.4 is 21.3 Å². The summed E-state index contributed by atoms with van der Waals surface area (Å²) < 4.78 is 26.5. The molecule has 2 aromatic carbocycles. The Morgan fingerprint density at radius 1 is 0.658 bits per heavy atom. The lowest BCUT2D eigenvalue weighted by molar-refractivity contribution is -0.199. The Morgan fingerprint density at radius 3 is 1.55 bits per heavy atom. The Morgan fingerprint density at radius 2 is 1.11 bits per heavy atom. The molecular formula is C57H83B2N5O9. The molecule has 12 rings (SSSR count). The highest BCUT2D eigenvalue weighted by Crippen LogP contribution is 2.67. The molecule has 5 amide bonds. The van der Waals surface area contributed by atoms with E-state index in [0.29, 0.717) is 60.9 Å². The van der Waals surface area contributed by atoms with E-state index in [4.69, 9.17) is 23.7 Å². The third-order valence-corrected chi connectivity index (χ3v) is 18.9. The number of hydrogen-bond acceptors (Lipinski definition) is 8. The number of carbonyl (C=O) groups is 4. The van der Waals surface area contributed by atoms with Gasteiger partial charge in [0.2, 0.25) is 5.91 Å². The number of piperidine rings is 1. The van der Waals surface area contributed by atoms with Crippen LogP contribution in [0.2, 0.25) is 0 Å². The van der Waals surface area contributed by atoms with Crippen LogP contribution in [0.1, 0.15) is 130 Å². The lowest BCUT2D eigenvalue weighted by Gasteiger charge is -2.64. The van der Waals surface area contributed by atoms with Crippen molar-refractivity contribution < 1.29 is 42.9 Å². The number of nitrogens with zero attached hydrogens (tertiary/aromatic N) is 1. The molecule has 3 heterocycles. The molecule has 0 unspecified atom stereocenters. The Kier molecular flexibility index (Phi) is 17.3. The largest absolute Gasteiger partial charge is 0.482 e. The maximum atomic E-state index is 13.1. The number of amides is 5. The van der Waals surface area contributed by atoms with Crippen molar-refractivity contribution in [3.8, 4) is 0 Å². The van der Waals surface area contributed by atoms with Gasteiger partial charge in [-0.2, -0.15) is 0 Å². The number of carbonyl (C=O) groups excluding carboxylic acids is 3. The minimum Gasteiger partial charge on any atom is -0.478 e. The van der Waals surface area contributed by atoms with Gasteiger partial charge in [0, 0.05) is 31.8 Å². The van der Waals surface area contributed by atoms with Gasteiger partial charge in [0.15, 0.2) is 0 Å². The lowest BCUT2D eigenvalue weighted by Crippen LogP contribution is -2.65. The third kappa shape index (κ3) is 12.1. The van der Waals surface area contributed by atoms with Crippen LogP contribution >= 0.6 is 0 Å². The number of likely N-dealkylation sites (tertiary alicyclic amines) is 1. The highest BCUT2D eigenvalue weighted by Gasteiger charge is 2.70. The van der Waals surface area contributed by atoms with E-state index in [-0.39, 0.29) is 64.7 Å². The molecular weight excluding hydrogens is 920 g/mol. The van der Waals surface area contributed by atoms with E-state index in [9.17, 15) is 19.2 Å². The van der Waals surface area contributed by atoms with Crippen molar-refractivity contribution in [2.45, 2.75) is 173 Å². The van der Waals surface area contributed by atoms with Crippen molar-refractivity contribution in [3.05, 3.63) is 97.1 Å². The summed E-state index contributed by atoms with van der Waals surface area (Å²) >= 11 is 0. The van der Waals surface area contributed by atoms with Gasteiger partial charge in [-0.05, 0) is 142 Å². The molecule has 7 saturated carbocycles. The fourth-order valence-electron chi connectivity index (χ4n) is 14.2. The number of carboxylic acid groups (broad SMARTS) is 1. The van der Waals surface area contributed by atoms with E-state index in [1.165, 1.54) is 56.6 Å². The van der Waals surface area contributed by atoms with E-state index in [1.807, 2.05) is 41.3 Å². The number of rotatable bonds is 14. The quantitative estimate of drug-likeness (QED) is 0.0916. The van der Waals surface area contributed by atoms with E-state index < -0.39 is 20.2 Å². The van der Waals surface area contributed by atoms with Gasteiger partial charge < -0.3 is 49.9 Å². The van der Waals surface area contributed by atoms with Crippen molar-refractivity contribution in [2.24, 2.45) is 40.4 Å². The Balaban J connectivity index is 0.000000179. The first kappa shape index (κ1) is 54.6. The average molecular weight is 1000 g/mol. The second kappa shape index (κ2) is 23.1. The van der Waals surface area contributed by atoms with Crippen LogP contribution in [-0.2, 0) is 41.0 Å². The number of carboxylic acids is 1. The molecule has 7 aliphatic carbocycles. The minimum atomic E-state index is -0.981. The number of hydrogen-bond donors (Lipinski definition) is 5. The average Bonchev–Trinajstić information content (AvgIpc) is 3.95. The predicted molar refractivity (Wildman–Crippen MR) is 285 cm³/mol. The van der Waals surface area contributed by atoms with Crippen LogP contribution in [0.25, 0.3) is 0 Å². The number of aliphatic carboxylic acids is 1. The first-order valence-corrected chi connectivity index (χ1v) is 27.5. The second-order valence-electron chi connectivity index (χ2n) is 23.9. The molecule has 14 nitrogen and oxygen atoms in total. The van der Waals surface area contributed by atoms with Gasteiger partial charge in [0.1, 0.15) is 0 Å². The summed E-state index contributed by atoms with van der Waals surface area (Å²) in [5, 5.41) is 20.1. The minimum absolute atomic E-state index is 0.0163. The fraction of sp³-hybridized carbons (Fsp3) is 0.649. The number of nitrogens with one attached hydrogen (secondary N) is 4. The highest BCUT2D eigenvalue weighted by atomic mass is 16.7. The summed E-state index contributed by atoms with van der Waals surface area (Å²) in [7, 11) is -0.921. The molecule has 10 aliphatic rings. The third-order valence-electron chi connectivity index (χ3n) is 18.9. The van der Waals surface area contributed by atoms with E-state index in [2.05, 4.69) is 100 Å². The monoisotopic (exact) mass is 1000 g/mol. The predicted octanol–water partition coefficient (Wildman–Crippen LogP) is 8.73. The van der Waals surface area contributed by atoms with Crippen LogP contribution in [0.3, 0.4) is 0 Å². The summed E-state index contributed by atoms with van der Waals surface area (Å²) in [5.74, 6) is 1.37. The van der Waals surface area contributed by atoms with Crippen molar-refractivity contribution in [2.75, 3.05) is 19.6 Å². The van der Waals surface area contributed by atoms with Crippen LogP contribution in [0.15, 0.2) is 86.0 Å². The zero-order valence-electron chi connectivity index (χ0n) is 44.5. The van der Waals surface area contributed by atoms with Crippen molar-refractivity contribution in [1.29, 1.82) is 0 Å². The maximum absolute atomic E-state index is 13.1. The second-order valence-corrected chi connectivity index (χ2v) is 23.9. The van der Waals surface area contributed by atoms with E-state index >= 15 is 0 Å². The maximum Gasteiger partial charge on any atom is 0.482 e. The van der Waals surface area contributed by atoms with Gasteiger partial charge in [-0.25, -0.2) is 14.4 Å². The molecule has 3 saturated heterocycles. The summed E-state index contributed by atoms with van der Waals surface area (Å²) in [6.45, 7) is 22.4. The standard InChI is InChI=1S/C28H40BN3O4.C26H39BN2O3.C3H4O2/c1-5-25(33)32-14-10-9-13-21(32)18-30-26(34)31-24(15-19-11-7-6-8-12-19)29-35-23-17-20-16-22(27(20,2)3)28(23,4)36-29;1-25(2)20-15-21(25)26(3)22(16-20)31-27(32-26)23(14-18-10-6-4-7-11-18)29-24(30)28-17-19-12-8-5-9-13-19;1-2-3(4)5/h5-8,11-12,20-24H,1,9-10,13-18H2,2-4H3,(H2,30,31,34);4,6-7,10-11,19-23H,5,8-9,12-17H2,1-3H3,(H2,28,29,30);2H,1H2,(H,4,5)/t20-,21-,22-,23+,24-,28-;20-,21-,22+,23-,26-;/m00./s1. The van der Waals surface area contributed by atoms with Crippen LogP contribution in [0, 0.1) is 40.4 Å². The summed E-state index contributed by atoms with van der Waals surface area (Å²) in [6, 6.07) is 20.1. The van der Waals surface area contributed by atoms with Crippen molar-refractivity contribution >= 4 is 38.2 Å². The SMILES string of the molecule is C=CC(=O)N1CCCC[C@H]1CNC(=O)N[C@@H](Cc1ccccc1)B1O[C@@H]2C[C@@H]3C[C@@H](C3(C)C)[C@]2(C)O1.C=CC(=O)O.CC1(C)[C@@H]2C[C@H]3OB([C@H](Cc4ccccc4)NC(=O)NCC4CCCCC4)O[C@@]3(C)[C@H]1C2. The van der Waals surface area contributed by atoms with E-state index in [1.54, 1.807) is 0 Å². The molecule has 3 aliphatic heterocycles. The normalized spacial score (nSPS) is 31.9. The smallest absolute Gasteiger partial charge is 0.478 e. The van der Waals surface area contributed by atoms with Crippen LogP contribution in [0.5, 0.6) is 0 Å². The fourth-order valence-corrected chi connectivity index (χ4v) is 14.2. The van der Waals surface area contributed by atoms with E-state index in [0.717, 1.165) is 50.3 Å². The Hall–Kier alpha value is -4.63. The van der Waals surface area contributed by atoms with Gasteiger partial charge >= 0.3 is 32.3 Å². The topological polar surface area (TPSA) is 177 Å². The molecule has 2 aromatic rings. The molecule has 396 valence electrons. The molecule has 73 heavy (non-hydrogen) atoms. The molecule has 5 N–H and O–H groups in total. The van der Waals surface area contributed by atoms with Crippen molar-refractivity contribution in [1.82, 2.24) is 26.2 Å². The van der Waals surface area contributed by atoms with Gasteiger partial charge in [0.05, 0.1) is 35.3 Å². The molecule has 10 fully saturated rings. The zero-order valence-corrected chi connectivity index (χ0v) is 44.5. The highest BCUT2D eigenvalue weighted by molar-refractivity contribution is 6.48. The molecule has 4 bridgehead atoms. The van der Waals surface area contributed by atoms with Gasteiger partial charge in [-0.1, -0.05) is 121 Å². The summed E-state index contributed by atoms with van der Waals surface area (Å²) in [6.07, 6.45) is 17.4. The van der Waals surface area contributed by atoms with Gasteiger partial charge in [-0.15, -0.1) is 0 Å². The zero-order chi connectivity index (χ0) is 52.1. The number of urea groups is 2. The molecule has 0 aromatic heterocycles.